The van der Waals surface area contributed by atoms with E-state index < -0.39 is 11.6 Å². The number of hydrogen-bond acceptors (Lipinski definition) is 3. The molecule has 0 amide bonds. The van der Waals surface area contributed by atoms with Gasteiger partial charge in [0.2, 0.25) is 0 Å². The molecule has 0 radical (unpaired) electrons. The molecule has 0 bridgehead atoms. The Hall–Kier alpha value is -2.66. The summed E-state index contributed by atoms with van der Waals surface area (Å²) in [4.78, 5) is 8.53. The van der Waals surface area contributed by atoms with E-state index in [1.54, 1.807) is 17.8 Å². The molecule has 0 unspecified atom stereocenters. The van der Waals surface area contributed by atoms with Crippen molar-refractivity contribution < 1.29 is 8.78 Å². The lowest BCUT2D eigenvalue weighted by molar-refractivity contribution is 0.511. The van der Waals surface area contributed by atoms with Crippen LogP contribution in [0.5, 0.6) is 0 Å². The highest BCUT2D eigenvalue weighted by Gasteiger charge is 2.15. The molecule has 2 aromatic carbocycles. The minimum Gasteiger partial charge on any atom is -0.255 e. The summed E-state index contributed by atoms with van der Waals surface area (Å²) in [7, 11) is 0. The third-order valence-electron chi connectivity index (χ3n) is 3.66. The number of hydrogen-bond donors (Lipinski definition) is 0. The summed E-state index contributed by atoms with van der Waals surface area (Å²) in [6, 6.07) is 13.6. The maximum atomic E-state index is 14.2. The molecule has 23 heavy (non-hydrogen) atoms. The van der Waals surface area contributed by atoms with E-state index in [1.807, 2.05) is 24.3 Å². The number of nitrogens with zero attached hydrogens (tertiary/aromatic N) is 2. The molecule has 0 saturated carbocycles. The first-order chi connectivity index (χ1) is 11.2. The van der Waals surface area contributed by atoms with Crippen molar-refractivity contribution in [2.75, 3.05) is 0 Å². The van der Waals surface area contributed by atoms with E-state index in [0.717, 1.165) is 27.4 Å². The Bertz CT molecular complexity index is 1010. The third-order valence-corrected chi connectivity index (χ3v) is 4.45. The van der Waals surface area contributed by atoms with E-state index in [2.05, 4.69) is 9.97 Å². The number of halogens is 2. The SMILES string of the molecule is Fc1cccc(-c2ncccc2-c2ccc3ncsc3c2)c1F. The number of pyridine rings is 1. The highest BCUT2D eigenvalue weighted by molar-refractivity contribution is 7.16. The number of fused-ring (bicyclic) bond motifs is 1. The molecule has 0 aliphatic heterocycles. The molecule has 2 aromatic heterocycles. The van der Waals surface area contributed by atoms with Crippen LogP contribution in [0.4, 0.5) is 8.78 Å². The smallest absolute Gasteiger partial charge is 0.168 e. The average molecular weight is 324 g/mol. The van der Waals surface area contributed by atoms with Crippen molar-refractivity contribution in [2.45, 2.75) is 0 Å². The van der Waals surface area contributed by atoms with Crippen LogP contribution in [0.1, 0.15) is 0 Å². The molecule has 112 valence electrons. The zero-order chi connectivity index (χ0) is 15.8. The molecular formula is C18H10F2N2S. The van der Waals surface area contributed by atoms with Crippen molar-refractivity contribution in [3.63, 3.8) is 0 Å². The summed E-state index contributed by atoms with van der Waals surface area (Å²) in [5, 5.41) is 0. The lowest BCUT2D eigenvalue weighted by Crippen LogP contribution is -1.94. The quantitative estimate of drug-likeness (QED) is 0.500. The molecule has 2 heterocycles. The van der Waals surface area contributed by atoms with Gasteiger partial charge in [-0.1, -0.05) is 18.2 Å². The Balaban J connectivity index is 1.94. The number of benzene rings is 2. The fourth-order valence-electron chi connectivity index (χ4n) is 2.56. The van der Waals surface area contributed by atoms with Crippen LogP contribution >= 0.6 is 11.3 Å². The highest BCUT2D eigenvalue weighted by atomic mass is 32.1. The fraction of sp³-hybridized carbons (Fsp3) is 0. The second-order valence-electron chi connectivity index (χ2n) is 5.04. The van der Waals surface area contributed by atoms with E-state index in [9.17, 15) is 8.78 Å². The largest absolute Gasteiger partial charge is 0.255 e. The van der Waals surface area contributed by atoms with Gasteiger partial charge >= 0.3 is 0 Å². The Morgan fingerprint density at radius 1 is 0.870 bits per heavy atom. The average Bonchev–Trinajstić information content (AvgIpc) is 3.05. The molecule has 5 heteroatoms. The van der Waals surface area contributed by atoms with Crippen LogP contribution in [0.25, 0.3) is 32.6 Å². The molecule has 0 atom stereocenters. The van der Waals surface area contributed by atoms with Gasteiger partial charge in [-0.05, 0) is 35.9 Å². The van der Waals surface area contributed by atoms with Gasteiger partial charge in [0.25, 0.3) is 0 Å². The van der Waals surface area contributed by atoms with Gasteiger partial charge in [0.05, 0.1) is 21.4 Å². The van der Waals surface area contributed by atoms with Crippen molar-refractivity contribution in [1.82, 2.24) is 9.97 Å². The van der Waals surface area contributed by atoms with Gasteiger partial charge in [-0.25, -0.2) is 13.8 Å². The van der Waals surface area contributed by atoms with Gasteiger partial charge in [0.1, 0.15) is 0 Å². The molecule has 4 aromatic rings. The number of rotatable bonds is 2. The van der Waals surface area contributed by atoms with Crippen molar-refractivity contribution in [3.05, 3.63) is 71.9 Å². The summed E-state index contributed by atoms with van der Waals surface area (Å²) < 4.78 is 28.8. The van der Waals surface area contributed by atoms with E-state index in [1.165, 1.54) is 23.5 Å². The second-order valence-corrected chi connectivity index (χ2v) is 5.92. The van der Waals surface area contributed by atoms with Crippen LogP contribution in [-0.2, 0) is 0 Å². The monoisotopic (exact) mass is 324 g/mol. The summed E-state index contributed by atoms with van der Waals surface area (Å²) in [6.07, 6.45) is 1.58. The summed E-state index contributed by atoms with van der Waals surface area (Å²) in [5.74, 6) is -1.76. The Morgan fingerprint density at radius 3 is 2.65 bits per heavy atom. The van der Waals surface area contributed by atoms with E-state index >= 15 is 0 Å². The van der Waals surface area contributed by atoms with E-state index in [0.29, 0.717) is 5.69 Å². The first-order valence-corrected chi connectivity index (χ1v) is 7.85. The molecule has 0 aliphatic rings. The van der Waals surface area contributed by atoms with Gasteiger partial charge in [-0.2, -0.15) is 0 Å². The van der Waals surface area contributed by atoms with Crippen LogP contribution in [0.3, 0.4) is 0 Å². The minimum atomic E-state index is -0.883. The predicted molar refractivity (Wildman–Crippen MR) is 88.2 cm³/mol. The fourth-order valence-corrected chi connectivity index (χ4v) is 3.28. The van der Waals surface area contributed by atoms with Crippen molar-refractivity contribution in [1.29, 1.82) is 0 Å². The van der Waals surface area contributed by atoms with Crippen LogP contribution in [0.15, 0.2) is 60.2 Å². The molecule has 0 N–H and O–H groups in total. The van der Waals surface area contributed by atoms with Gasteiger partial charge in [0.15, 0.2) is 11.6 Å². The number of thiazole rings is 1. The predicted octanol–water partition coefficient (Wildman–Crippen LogP) is 5.30. The Kier molecular flexibility index (Phi) is 3.35. The maximum absolute atomic E-state index is 14.2. The lowest BCUT2D eigenvalue weighted by atomic mass is 9.99. The normalized spacial score (nSPS) is 11.0. The first kappa shape index (κ1) is 14.0. The van der Waals surface area contributed by atoms with Gasteiger partial charge in [0, 0.05) is 17.3 Å². The zero-order valence-electron chi connectivity index (χ0n) is 11.8. The van der Waals surface area contributed by atoms with E-state index in [-0.39, 0.29) is 5.56 Å². The first-order valence-electron chi connectivity index (χ1n) is 6.97. The Labute approximate surface area is 135 Å². The van der Waals surface area contributed by atoms with Crippen molar-refractivity contribution in [3.8, 4) is 22.4 Å². The highest BCUT2D eigenvalue weighted by Crippen LogP contribution is 2.34. The molecule has 0 aliphatic carbocycles. The lowest BCUT2D eigenvalue weighted by Gasteiger charge is -2.10. The zero-order valence-corrected chi connectivity index (χ0v) is 12.6. The second kappa shape index (κ2) is 5.52. The summed E-state index contributed by atoms with van der Waals surface area (Å²) in [6.45, 7) is 0. The maximum Gasteiger partial charge on any atom is 0.168 e. The summed E-state index contributed by atoms with van der Waals surface area (Å²) >= 11 is 1.54. The minimum absolute atomic E-state index is 0.157. The van der Waals surface area contributed by atoms with Gasteiger partial charge in [-0.15, -0.1) is 11.3 Å². The third kappa shape index (κ3) is 2.39. The number of aromatic nitrogens is 2. The van der Waals surface area contributed by atoms with Crippen molar-refractivity contribution in [2.24, 2.45) is 0 Å². The molecule has 4 rings (SSSR count). The van der Waals surface area contributed by atoms with Crippen molar-refractivity contribution >= 4 is 21.6 Å². The molecule has 0 fully saturated rings. The molecule has 2 nitrogen and oxygen atoms in total. The summed E-state index contributed by atoms with van der Waals surface area (Å²) in [5.41, 5.74) is 4.94. The van der Waals surface area contributed by atoms with Crippen LogP contribution < -0.4 is 0 Å². The van der Waals surface area contributed by atoms with Crippen LogP contribution in [0.2, 0.25) is 0 Å². The molecule has 0 saturated heterocycles. The molecular weight excluding hydrogens is 314 g/mol. The standard InChI is InChI=1S/C18H10F2N2S/c19-14-5-1-3-13(17(14)20)18-12(4-2-8-21-18)11-6-7-15-16(9-11)23-10-22-15/h1-10H. The van der Waals surface area contributed by atoms with Gasteiger partial charge in [-0.3, -0.25) is 4.98 Å². The van der Waals surface area contributed by atoms with Crippen LogP contribution in [0, 0.1) is 11.6 Å². The van der Waals surface area contributed by atoms with Gasteiger partial charge < -0.3 is 0 Å². The molecule has 0 spiro atoms. The Morgan fingerprint density at radius 2 is 1.74 bits per heavy atom. The van der Waals surface area contributed by atoms with Crippen LogP contribution in [-0.4, -0.2) is 9.97 Å². The topological polar surface area (TPSA) is 25.8 Å². The van der Waals surface area contributed by atoms with E-state index in [4.69, 9.17) is 0 Å².